The maximum atomic E-state index is 11.7. The summed E-state index contributed by atoms with van der Waals surface area (Å²) in [7, 11) is 0. The van der Waals surface area contributed by atoms with Crippen LogP contribution in [0.4, 0.5) is 10.5 Å². The van der Waals surface area contributed by atoms with Crippen LogP contribution in [-0.4, -0.2) is 34.9 Å². The molecule has 0 heterocycles. The van der Waals surface area contributed by atoms with Crippen LogP contribution in [0.15, 0.2) is 12.1 Å². The highest BCUT2D eigenvalue weighted by Crippen LogP contribution is 2.21. The number of rotatable bonds is 4. The van der Waals surface area contributed by atoms with Gasteiger partial charge in [0.15, 0.2) is 6.04 Å². The Balaban J connectivity index is 2.80. The number of urea groups is 1. The van der Waals surface area contributed by atoms with Gasteiger partial charge in [0.25, 0.3) is 0 Å². The Kier molecular flexibility index (Phi) is 4.88. The molecular weight excluding hydrogens is 248 g/mol. The molecule has 0 saturated carbocycles. The summed E-state index contributed by atoms with van der Waals surface area (Å²) in [5.41, 5.74) is 3.51. The van der Waals surface area contributed by atoms with Crippen molar-refractivity contribution in [3.05, 3.63) is 28.8 Å². The van der Waals surface area contributed by atoms with Crippen molar-refractivity contribution in [1.82, 2.24) is 5.32 Å². The molecule has 0 fully saturated rings. The number of carboxylic acids is 1. The van der Waals surface area contributed by atoms with E-state index in [4.69, 9.17) is 10.2 Å². The van der Waals surface area contributed by atoms with Gasteiger partial charge in [0.2, 0.25) is 0 Å². The van der Waals surface area contributed by atoms with E-state index in [-0.39, 0.29) is 0 Å². The van der Waals surface area contributed by atoms with E-state index >= 15 is 0 Å². The van der Waals surface area contributed by atoms with Crippen LogP contribution in [0.25, 0.3) is 0 Å². The number of anilines is 1. The summed E-state index contributed by atoms with van der Waals surface area (Å²) < 4.78 is 0. The minimum atomic E-state index is -1.31. The molecule has 1 atom stereocenters. The molecule has 6 heteroatoms. The summed E-state index contributed by atoms with van der Waals surface area (Å²) in [6.07, 6.45) is 0. The van der Waals surface area contributed by atoms with Crippen LogP contribution in [0.1, 0.15) is 16.7 Å². The van der Waals surface area contributed by atoms with Crippen molar-refractivity contribution in [2.45, 2.75) is 26.8 Å². The number of nitrogens with one attached hydrogen (secondary N) is 2. The Hall–Kier alpha value is -2.08. The van der Waals surface area contributed by atoms with Gasteiger partial charge in [0.1, 0.15) is 0 Å². The first-order valence-corrected chi connectivity index (χ1v) is 5.84. The number of carboxylic acid groups (broad SMARTS) is 1. The summed E-state index contributed by atoms with van der Waals surface area (Å²) >= 11 is 0. The lowest BCUT2D eigenvalue weighted by Crippen LogP contribution is -2.45. The second-order valence-electron chi connectivity index (χ2n) is 4.45. The SMILES string of the molecule is Cc1cc(C)c(NC(=O)NC(CO)C(=O)O)c(C)c1. The maximum Gasteiger partial charge on any atom is 0.328 e. The van der Waals surface area contributed by atoms with Gasteiger partial charge in [-0.25, -0.2) is 9.59 Å². The summed E-state index contributed by atoms with van der Waals surface area (Å²) in [5.74, 6) is -1.28. The smallest absolute Gasteiger partial charge is 0.328 e. The summed E-state index contributed by atoms with van der Waals surface area (Å²) in [5, 5.41) is 22.3. The van der Waals surface area contributed by atoms with Crippen molar-refractivity contribution >= 4 is 17.7 Å². The number of amides is 2. The Morgan fingerprint density at radius 3 is 2.16 bits per heavy atom. The van der Waals surface area contributed by atoms with Gasteiger partial charge in [0, 0.05) is 5.69 Å². The van der Waals surface area contributed by atoms with Gasteiger partial charge in [-0.05, 0) is 31.9 Å². The molecule has 0 aromatic heterocycles. The molecule has 19 heavy (non-hydrogen) atoms. The van der Waals surface area contributed by atoms with Crippen molar-refractivity contribution in [1.29, 1.82) is 0 Å². The highest BCUT2D eigenvalue weighted by atomic mass is 16.4. The van der Waals surface area contributed by atoms with E-state index < -0.39 is 24.6 Å². The summed E-state index contributed by atoms with van der Waals surface area (Å²) in [4.78, 5) is 22.4. The predicted octanol–water partition coefficient (Wildman–Crippen LogP) is 1.18. The molecule has 0 radical (unpaired) electrons. The van der Waals surface area contributed by atoms with Gasteiger partial charge < -0.3 is 20.8 Å². The van der Waals surface area contributed by atoms with E-state index in [1.807, 2.05) is 32.9 Å². The Labute approximate surface area is 111 Å². The molecule has 0 bridgehead atoms. The van der Waals surface area contributed by atoms with Gasteiger partial charge in [-0.2, -0.15) is 0 Å². The normalized spacial score (nSPS) is 11.8. The molecule has 0 aliphatic rings. The second-order valence-corrected chi connectivity index (χ2v) is 4.45. The molecule has 1 aromatic carbocycles. The van der Waals surface area contributed by atoms with Crippen molar-refractivity contribution in [2.24, 2.45) is 0 Å². The third kappa shape index (κ3) is 3.96. The topological polar surface area (TPSA) is 98.7 Å². The quantitative estimate of drug-likeness (QED) is 0.657. The molecular formula is C13H18N2O4. The van der Waals surface area contributed by atoms with Crippen LogP contribution in [0.3, 0.4) is 0 Å². The Morgan fingerprint density at radius 1 is 1.21 bits per heavy atom. The lowest BCUT2D eigenvalue weighted by molar-refractivity contribution is -0.140. The largest absolute Gasteiger partial charge is 0.480 e. The number of carbonyl (C=O) groups is 2. The molecule has 1 unspecified atom stereocenters. The van der Waals surface area contributed by atoms with Gasteiger partial charge >= 0.3 is 12.0 Å². The van der Waals surface area contributed by atoms with Gasteiger partial charge in [0.05, 0.1) is 6.61 Å². The van der Waals surface area contributed by atoms with Crippen LogP contribution in [0.2, 0.25) is 0 Å². The number of benzene rings is 1. The van der Waals surface area contributed by atoms with Crippen molar-refractivity contribution in [3.63, 3.8) is 0 Å². The lowest BCUT2D eigenvalue weighted by atomic mass is 10.1. The second kappa shape index (κ2) is 6.19. The first-order chi connectivity index (χ1) is 8.85. The van der Waals surface area contributed by atoms with E-state index in [1.54, 1.807) is 0 Å². The third-order valence-electron chi connectivity index (χ3n) is 2.70. The van der Waals surface area contributed by atoms with Crippen molar-refractivity contribution in [2.75, 3.05) is 11.9 Å². The highest BCUT2D eigenvalue weighted by molar-refractivity contribution is 5.93. The molecule has 1 rings (SSSR count). The van der Waals surface area contributed by atoms with E-state index in [1.165, 1.54) is 0 Å². The Morgan fingerprint density at radius 2 is 1.74 bits per heavy atom. The van der Waals surface area contributed by atoms with Crippen LogP contribution in [0.5, 0.6) is 0 Å². The fourth-order valence-electron chi connectivity index (χ4n) is 1.87. The van der Waals surface area contributed by atoms with Crippen molar-refractivity contribution < 1.29 is 19.8 Å². The number of aliphatic hydroxyl groups is 1. The Bertz CT molecular complexity index is 476. The van der Waals surface area contributed by atoms with Gasteiger partial charge in [-0.1, -0.05) is 17.7 Å². The molecule has 2 amide bonds. The molecule has 104 valence electrons. The van der Waals surface area contributed by atoms with Gasteiger partial charge in [-0.3, -0.25) is 0 Å². The predicted molar refractivity (Wildman–Crippen MR) is 71.3 cm³/mol. The van der Waals surface area contributed by atoms with E-state index in [9.17, 15) is 9.59 Å². The van der Waals surface area contributed by atoms with E-state index in [0.29, 0.717) is 5.69 Å². The van der Waals surface area contributed by atoms with Crippen molar-refractivity contribution in [3.8, 4) is 0 Å². The molecule has 6 nitrogen and oxygen atoms in total. The zero-order chi connectivity index (χ0) is 14.6. The number of aryl methyl sites for hydroxylation is 3. The summed E-state index contributed by atoms with van der Waals surface area (Å²) in [6.45, 7) is 5.01. The van der Waals surface area contributed by atoms with Crippen LogP contribution >= 0.6 is 0 Å². The zero-order valence-corrected chi connectivity index (χ0v) is 11.2. The number of hydrogen-bond acceptors (Lipinski definition) is 3. The minimum Gasteiger partial charge on any atom is -0.480 e. The minimum absolute atomic E-state index is 0.644. The number of hydrogen-bond donors (Lipinski definition) is 4. The zero-order valence-electron chi connectivity index (χ0n) is 11.2. The fourth-order valence-corrected chi connectivity index (χ4v) is 1.87. The molecule has 4 N–H and O–H groups in total. The number of aliphatic hydroxyl groups excluding tert-OH is 1. The highest BCUT2D eigenvalue weighted by Gasteiger charge is 2.19. The van der Waals surface area contributed by atoms with E-state index in [2.05, 4.69) is 10.6 Å². The lowest BCUT2D eigenvalue weighted by Gasteiger charge is -2.16. The average molecular weight is 266 g/mol. The van der Waals surface area contributed by atoms with Crippen LogP contribution in [0, 0.1) is 20.8 Å². The summed E-state index contributed by atoms with van der Waals surface area (Å²) in [6, 6.07) is 1.87. The van der Waals surface area contributed by atoms with Gasteiger partial charge in [-0.15, -0.1) is 0 Å². The molecule has 0 spiro atoms. The van der Waals surface area contributed by atoms with Crippen LogP contribution in [-0.2, 0) is 4.79 Å². The first-order valence-electron chi connectivity index (χ1n) is 5.84. The molecule has 0 saturated heterocycles. The maximum absolute atomic E-state index is 11.7. The average Bonchev–Trinajstić information content (AvgIpc) is 2.30. The standard InChI is InChI=1S/C13H18N2O4/c1-7-4-8(2)11(9(3)5-7)15-13(19)14-10(6-16)12(17)18/h4-5,10,16H,6H2,1-3H3,(H,17,18)(H2,14,15,19). The molecule has 0 aliphatic heterocycles. The molecule has 1 aromatic rings. The first kappa shape index (κ1) is 15.0. The number of aliphatic carboxylic acids is 1. The number of carbonyl (C=O) groups excluding carboxylic acids is 1. The monoisotopic (exact) mass is 266 g/mol. The fraction of sp³-hybridized carbons (Fsp3) is 0.385. The third-order valence-corrected chi connectivity index (χ3v) is 2.70. The van der Waals surface area contributed by atoms with E-state index in [0.717, 1.165) is 16.7 Å². The van der Waals surface area contributed by atoms with Crippen LogP contribution < -0.4 is 10.6 Å². The molecule has 0 aliphatic carbocycles.